The maximum atomic E-state index is 14.2. The number of halogens is 2. The Kier molecular flexibility index (Phi) is 5.07. The Bertz CT molecular complexity index is 1310. The predicted molar refractivity (Wildman–Crippen MR) is 113 cm³/mol. The Labute approximate surface area is 174 Å². The van der Waals surface area contributed by atoms with Gasteiger partial charge in [0.05, 0.1) is 21.3 Å². The van der Waals surface area contributed by atoms with Crippen LogP contribution in [0.15, 0.2) is 53.6 Å². The van der Waals surface area contributed by atoms with Crippen LogP contribution in [0.1, 0.15) is 0 Å². The molecule has 2 aromatic heterocycles. The summed E-state index contributed by atoms with van der Waals surface area (Å²) in [5, 5.41) is 6.82. The average molecular weight is 450 g/mol. The van der Waals surface area contributed by atoms with Crippen molar-refractivity contribution in [3.63, 3.8) is 0 Å². The number of fused-ring (bicyclic) bond motifs is 1. The van der Waals surface area contributed by atoms with Gasteiger partial charge in [0, 0.05) is 17.0 Å². The molecule has 0 saturated heterocycles. The van der Waals surface area contributed by atoms with E-state index >= 15 is 0 Å². The quantitative estimate of drug-likeness (QED) is 0.453. The summed E-state index contributed by atoms with van der Waals surface area (Å²) < 4.78 is 38.1. The SMILES string of the molecule is CS(=O)(=O)c1ccc(Nc2ncc(F)c(Nc3nc4ccc(Cl)cc4s3)n2)cc1. The first-order valence-corrected chi connectivity index (χ1v) is 11.3. The molecule has 4 rings (SSSR count). The fourth-order valence-corrected chi connectivity index (χ4v) is 4.25. The number of rotatable bonds is 5. The summed E-state index contributed by atoms with van der Waals surface area (Å²) in [6.45, 7) is 0. The Balaban J connectivity index is 1.57. The Morgan fingerprint density at radius 2 is 1.83 bits per heavy atom. The highest BCUT2D eigenvalue weighted by Gasteiger charge is 2.12. The number of anilines is 4. The van der Waals surface area contributed by atoms with Crippen molar-refractivity contribution in [2.45, 2.75) is 4.90 Å². The van der Waals surface area contributed by atoms with E-state index in [1.54, 1.807) is 30.3 Å². The first-order chi connectivity index (χ1) is 13.8. The number of hydrogen-bond acceptors (Lipinski definition) is 8. The van der Waals surface area contributed by atoms with E-state index in [0.29, 0.717) is 15.8 Å². The van der Waals surface area contributed by atoms with Gasteiger partial charge in [0.15, 0.2) is 26.6 Å². The van der Waals surface area contributed by atoms with Crippen LogP contribution in [0.25, 0.3) is 10.2 Å². The highest BCUT2D eigenvalue weighted by Crippen LogP contribution is 2.30. The summed E-state index contributed by atoms with van der Waals surface area (Å²) in [7, 11) is -3.29. The van der Waals surface area contributed by atoms with Gasteiger partial charge in [0.1, 0.15) is 0 Å². The van der Waals surface area contributed by atoms with Gasteiger partial charge in [0.25, 0.3) is 0 Å². The van der Waals surface area contributed by atoms with Gasteiger partial charge in [-0.25, -0.2) is 22.8 Å². The monoisotopic (exact) mass is 449 g/mol. The van der Waals surface area contributed by atoms with E-state index in [0.717, 1.165) is 22.7 Å². The Hall–Kier alpha value is -2.82. The van der Waals surface area contributed by atoms with Gasteiger partial charge in [0.2, 0.25) is 5.95 Å². The average Bonchev–Trinajstić information content (AvgIpc) is 3.05. The van der Waals surface area contributed by atoms with Gasteiger partial charge in [-0.15, -0.1) is 0 Å². The van der Waals surface area contributed by atoms with Crippen molar-refractivity contribution in [1.82, 2.24) is 15.0 Å². The number of benzene rings is 2. The van der Waals surface area contributed by atoms with Crippen molar-refractivity contribution in [2.24, 2.45) is 0 Å². The molecule has 148 valence electrons. The van der Waals surface area contributed by atoms with Gasteiger partial charge in [-0.3, -0.25) is 0 Å². The maximum Gasteiger partial charge on any atom is 0.229 e. The van der Waals surface area contributed by atoms with E-state index in [9.17, 15) is 12.8 Å². The van der Waals surface area contributed by atoms with Crippen molar-refractivity contribution >= 4 is 65.6 Å². The van der Waals surface area contributed by atoms with E-state index in [2.05, 4.69) is 25.6 Å². The largest absolute Gasteiger partial charge is 0.324 e. The van der Waals surface area contributed by atoms with Crippen LogP contribution in [0, 0.1) is 5.82 Å². The van der Waals surface area contributed by atoms with Gasteiger partial charge < -0.3 is 10.6 Å². The summed E-state index contributed by atoms with van der Waals surface area (Å²) in [5.41, 5.74) is 1.30. The lowest BCUT2D eigenvalue weighted by molar-refractivity contribution is 0.602. The molecular formula is C18H13ClFN5O2S2. The van der Waals surface area contributed by atoms with Gasteiger partial charge in [-0.1, -0.05) is 22.9 Å². The zero-order valence-corrected chi connectivity index (χ0v) is 17.2. The number of nitrogens with one attached hydrogen (secondary N) is 2. The zero-order chi connectivity index (χ0) is 20.6. The standard InChI is InChI=1S/C18H13ClFN5O2S2/c1-29(26,27)12-5-3-11(4-6-12)22-17-21-9-13(20)16(24-17)25-18-23-14-7-2-10(19)8-15(14)28-18/h2-9H,1H3,(H2,21,22,23,24,25). The van der Waals surface area contributed by atoms with E-state index in [1.807, 2.05) is 0 Å². The molecule has 2 N–H and O–H groups in total. The maximum absolute atomic E-state index is 14.2. The Morgan fingerprint density at radius 3 is 2.55 bits per heavy atom. The minimum absolute atomic E-state index is 0.0413. The van der Waals surface area contributed by atoms with Crippen LogP contribution < -0.4 is 10.6 Å². The third kappa shape index (κ3) is 4.44. The highest BCUT2D eigenvalue weighted by atomic mass is 35.5. The van der Waals surface area contributed by atoms with Crippen LogP contribution in [0.3, 0.4) is 0 Å². The van der Waals surface area contributed by atoms with E-state index in [-0.39, 0.29) is 16.7 Å². The van der Waals surface area contributed by atoms with Crippen molar-refractivity contribution in [2.75, 3.05) is 16.9 Å². The molecule has 0 fully saturated rings. The predicted octanol–water partition coefficient (Wildman–Crippen LogP) is 4.77. The highest BCUT2D eigenvalue weighted by molar-refractivity contribution is 7.90. The Morgan fingerprint density at radius 1 is 1.07 bits per heavy atom. The van der Waals surface area contributed by atoms with E-state index in [1.165, 1.54) is 23.5 Å². The van der Waals surface area contributed by atoms with E-state index < -0.39 is 15.7 Å². The van der Waals surface area contributed by atoms with Crippen LogP contribution in [0.5, 0.6) is 0 Å². The molecule has 29 heavy (non-hydrogen) atoms. The molecule has 0 amide bonds. The number of aromatic nitrogens is 3. The molecule has 2 heterocycles. The van der Waals surface area contributed by atoms with Crippen LogP contribution in [-0.4, -0.2) is 29.6 Å². The van der Waals surface area contributed by atoms with Crippen molar-refractivity contribution in [3.05, 3.63) is 59.5 Å². The number of nitrogens with zero attached hydrogens (tertiary/aromatic N) is 3. The molecule has 11 heteroatoms. The molecule has 0 saturated carbocycles. The molecule has 7 nitrogen and oxygen atoms in total. The third-order valence-corrected chi connectivity index (χ3v) is 6.16. The normalized spacial score (nSPS) is 11.6. The lowest BCUT2D eigenvalue weighted by Gasteiger charge is -2.08. The van der Waals surface area contributed by atoms with Gasteiger partial charge in [-0.05, 0) is 42.5 Å². The third-order valence-electron chi connectivity index (χ3n) is 3.86. The van der Waals surface area contributed by atoms with Crippen LogP contribution in [-0.2, 0) is 9.84 Å². The van der Waals surface area contributed by atoms with Gasteiger partial charge >= 0.3 is 0 Å². The minimum Gasteiger partial charge on any atom is -0.324 e. The first-order valence-electron chi connectivity index (χ1n) is 8.21. The molecule has 0 aliphatic rings. The van der Waals surface area contributed by atoms with E-state index in [4.69, 9.17) is 11.6 Å². The summed E-state index contributed by atoms with van der Waals surface area (Å²) in [6.07, 6.45) is 2.17. The van der Waals surface area contributed by atoms with Gasteiger partial charge in [-0.2, -0.15) is 4.98 Å². The topological polar surface area (TPSA) is 96.9 Å². The second-order valence-electron chi connectivity index (χ2n) is 6.07. The molecule has 0 spiro atoms. The smallest absolute Gasteiger partial charge is 0.229 e. The summed E-state index contributed by atoms with van der Waals surface area (Å²) in [5.74, 6) is -0.536. The molecule has 0 bridgehead atoms. The fourth-order valence-electron chi connectivity index (χ4n) is 2.48. The van der Waals surface area contributed by atoms with Crippen LogP contribution in [0.2, 0.25) is 5.02 Å². The lowest BCUT2D eigenvalue weighted by Crippen LogP contribution is -2.03. The number of sulfone groups is 1. The molecule has 0 aliphatic carbocycles. The lowest BCUT2D eigenvalue weighted by atomic mass is 10.3. The van der Waals surface area contributed by atoms with Crippen molar-refractivity contribution in [3.8, 4) is 0 Å². The molecule has 2 aromatic carbocycles. The second kappa shape index (κ2) is 7.54. The molecule has 0 aliphatic heterocycles. The number of thiazole rings is 1. The first kappa shape index (κ1) is 19.5. The van der Waals surface area contributed by atoms with Crippen LogP contribution in [0.4, 0.5) is 27.0 Å². The summed E-state index contributed by atoms with van der Waals surface area (Å²) >= 11 is 7.30. The molecule has 4 aromatic rings. The fraction of sp³-hybridized carbons (Fsp3) is 0.0556. The van der Waals surface area contributed by atoms with Crippen molar-refractivity contribution in [1.29, 1.82) is 0 Å². The van der Waals surface area contributed by atoms with Crippen molar-refractivity contribution < 1.29 is 12.8 Å². The molecular weight excluding hydrogens is 437 g/mol. The summed E-state index contributed by atoms with van der Waals surface area (Å²) in [4.78, 5) is 12.6. The molecule has 0 atom stereocenters. The second-order valence-corrected chi connectivity index (χ2v) is 9.55. The minimum atomic E-state index is -3.29. The summed E-state index contributed by atoms with van der Waals surface area (Å²) in [6, 6.07) is 11.4. The van der Waals surface area contributed by atoms with Crippen LogP contribution >= 0.6 is 22.9 Å². The molecule has 0 radical (unpaired) electrons. The molecule has 0 unspecified atom stereocenters. The number of hydrogen-bond donors (Lipinski definition) is 2. The zero-order valence-electron chi connectivity index (χ0n) is 14.8.